The van der Waals surface area contributed by atoms with E-state index in [1.54, 1.807) is 24.3 Å². The van der Waals surface area contributed by atoms with Crippen LogP contribution < -0.4 is 10.6 Å². The third-order valence-electron chi connectivity index (χ3n) is 4.05. The number of hydrogen-bond donors (Lipinski definition) is 2. The lowest BCUT2D eigenvalue weighted by Crippen LogP contribution is -2.35. The van der Waals surface area contributed by atoms with Crippen molar-refractivity contribution in [2.24, 2.45) is 0 Å². The first-order valence-electron chi connectivity index (χ1n) is 8.59. The lowest BCUT2D eigenvalue weighted by molar-refractivity contribution is -0.117. The Kier molecular flexibility index (Phi) is 6.59. The summed E-state index contributed by atoms with van der Waals surface area (Å²) >= 11 is 0. The molecule has 0 bridgehead atoms. The smallest absolute Gasteiger partial charge is 0.253 e. The molecule has 1 unspecified atom stereocenters. The number of rotatable bonds is 7. The van der Waals surface area contributed by atoms with E-state index in [4.69, 9.17) is 0 Å². The normalized spacial score (nSPS) is 17.0. The number of hydrogen-bond acceptors (Lipinski definition) is 3. The lowest BCUT2D eigenvalue weighted by Gasteiger charge is -2.21. The molecule has 1 heterocycles. The van der Waals surface area contributed by atoms with E-state index in [1.165, 1.54) is 0 Å². The molecule has 1 aromatic rings. The molecule has 1 saturated heterocycles. The van der Waals surface area contributed by atoms with Gasteiger partial charge in [-0.3, -0.25) is 9.59 Å². The molecule has 0 radical (unpaired) electrons. The van der Waals surface area contributed by atoms with Crippen molar-refractivity contribution in [2.45, 2.75) is 45.6 Å². The maximum absolute atomic E-state index is 12.5. The van der Waals surface area contributed by atoms with Gasteiger partial charge in [-0.1, -0.05) is 13.8 Å². The predicted molar refractivity (Wildman–Crippen MR) is 92.6 cm³/mol. The van der Waals surface area contributed by atoms with Gasteiger partial charge in [0.2, 0.25) is 5.91 Å². The molecule has 1 fully saturated rings. The Morgan fingerprint density at radius 1 is 1.17 bits per heavy atom. The second-order valence-electron chi connectivity index (χ2n) is 6.01. The summed E-state index contributed by atoms with van der Waals surface area (Å²) in [4.78, 5) is 26.4. The Balaban J connectivity index is 1.97. The minimum absolute atomic E-state index is 0.000157. The predicted octanol–water partition coefficient (Wildman–Crippen LogP) is 2.64. The van der Waals surface area contributed by atoms with Gasteiger partial charge in [-0.25, -0.2) is 0 Å². The van der Waals surface area contributed by atoms with Gasteiger partial charge in [0.05, 0.1) is 6.04 Å². The third kappa shape index (κ3) is 4.79. The van der Waals surface area contributed by atoms with Crippen LogP contribution >= 0.6 is 0 Å². The van der Waals surface area contributed by atoms with Crippen LogP contribution in [0.3, 0.4) is 0 Å². The highest BCUT2D eigenvalue weighted by Crippen LogP contribution is 2.14. The standard InChI is InChI=1S/C18H27N3O2/c1-3-12-21(13-4-2)18(23)14-7-9-15(10-8-14)20-17(22)16-6-5-11-19-16/h7-10,16,19H,3-6,11-13H2,1-2H3,(H,20,22). The van der Waals surface area contributed by atoms with Gasteiger partial charge in [0.25, 0.3) is 5.91 Å². The van der Waals surface area contributed by atoms with Crippen LogP contribution in [0.5, 0.6) is 0 Å². The lowest BCUT2D eigenvalue weighted by atomic mass is 10.1. The maximum Gasteiger partial charge on any atom is 0.253 e. The molecule has 0 saturated carbocycles. The second-order valence-corrected chi connectivity index (χ2v) is 6.01. The van der Waals surface area contributed by atoms with Gasteiger partial charge in [-0.05, 0) is 56.5 Å². The van der Waals surface area contributed by atoms with Crippen molar-refractivity contribution in [3.05, 3.63) is 29.8 Å². The molecule has 1 aliphatic rings. The highest BCUT2D eigenvalue weighted by atomic mass is 16.2. The topological polar surface area (TPSA) is 61.4 Å². The number of carbonyl (C=O) groups is 2. The van der Waals surface area contributed by atoms with Gasteiger partial charge in [-0.15, -0.1) is 0 Å². The summed E-state index contributed by atoms with van der Waals surface area (Å²) in [6.07, 6.45) is 3.82. The Morgan fingerprint density at radius 2 is 1.83 bits per heavy atom. The van der Waals surface area contributed by atoms with E-state index in [2.05, 4.69) is 24.5 Å². The van der Waals surface area contributed by atoms with Crippen LogP contribution in [-0.2, 0) is 4.79 Å². The molecule has 1 atom stereocenters. The molecule has 2 N–H and O–H groups in total. The van der Waals surface area contributed by atoms with Crippen LogP contribution in [0.2, 0.25) is 0 Å². The summed E-state index contributed by atoms with van der Waals surface area (Å²) in [5.41, 5.74) is 1.40. The number of nitrogens with zero attached hydrogens (tertiary/aromatic N) is 1. The first-order valence-corrected chi connectivity index (χ1v) is 8.59. The van der Waals surface area contributed by atoms with E-state index in [-0.39, 0.29) is 17.9 Å². The van der Waals surface area contributed by atoms with Crippen molar-refractivity contribution in [1.82, 2.24) is 10.2 Å². The van der Waals surface area contributed by atoms with Crippen LogP contribution in [0.25, 0.3) is 0 Å². The fraction of sp³-hybridized carbons (Fsp3) is 0.556. The summed E-state index contributed by atoms with van der Waals surface area (Å²) in [5.74, 6) is 0.0594. The fourth-order valence-electron chi connectivity index (χ4n) is 2.87. The zero-order chi connectivity index (χ0) is 16.7. The maximum atomic E-state index is 12.5. The van der Waals surface area contributed by atoms with Gasteiger partial charge in [0.1, 0.15) is 0 Å². The number of benzene rings is 1. The van der Waals surface area contributed by atoms with Crippen molar-refractivity contribution in [2.75, 3.05) is 25.0 Å². The van der Waals surface area contributed by atoms with Crippen LogP contribution in [0.4, 0.5) is 5.69 Å². The molecule has 1 aliphatic heterocycles. The zero-order valence-corrected chi connectivity index (χ0v) is 14.1. The molecule has 1 aromatic carbocycles. The molecule has 5 nitrogen and oxygen atoms in total. The van der Waals surface area contributed by atoms with Gasteiger partial charge in [0, 0.05) is 24.3 Å². The molecule has 2 rings (SSSR count). The molecule has 0 aliphatic carbocycles. The summed E-state index contributed by atoms with van der Waals surface area (Å²) < 4.78 is 0. The number of amides is 2. The largest absolute Gasteiger partial charge is 0.339 e. The highest BCUT2D eigenvalue weighted by molar-refractivity contribution is 5.97. The van der Waals surface area contributed by atoms with Crippen LogP contribution in [0.1, 0.15) is 49.9 Å². The summed E-state index contributed by atoms with van der Waals surface area (Å²) in [6.45, 7) is 6.60. The van der Waals surface area contributed by atoms with Gasteiger partial charge in [0.15, 0.2) is 0 Å². The quantitative estimate of drug-likeness (QED) is 0.813. The Bertz CT molecular complexity index is 516. The monoisotopic (exact) mass is 317 g/mol. The summed E-state index contributed by atoms with van der Waals surface area (Å²) in [6, 6.07) is 7.09. The summed E-state index contributed by atoms with van der Waals surface area (Å²) in [5, 5.41) is 6.08. The number of carbonyl (C=O) groups excluding carboxylic acids is 2. The zero-order valence-electron chi connectivity index (χ0n) is 14.1. The van der Waals surface area contributed by atoms with Crippen molar-refractivity contribution < 1.29 is 9.59 Å². The van der Waals surface area contributed by atoms with E-state index >= 15 is 0 Å². The van der Waals surface area contributed by atoms with Crippen LogP contribution in [-0.4, -0.2) is 42.4 Å². The van der Waals surface area contributed by atoms with Crippen molar-refractivity contribution >= 4 is 17.5 Å². The Labute approximate surface area is 138 Å². The van der Waals surface area contributed by atoms with Crippen LogP contribution in [0, 0.1) is 0 Å². The minimum atomic E-state index is -0.0964. The Hall–Kier alpha value is -1.88. The highest BCUT2D eigenvalue weighted by Gasteiger charge is 2.22. The van der Waals surface area contributed by atoms with Gasteiger partial charge < -0.3 is 15.5 Å². The average Bonchev–Trinajstić information content (AvgIpc) is 3.09. The van der Waals surface area contributed by atoms with Gasteiger partial charge >= 0.3 is 0 Å². The molecule has 23 heavy (non-hydrogen) atoms. The number of nitrogens with one attached hydrogen (secondary N) is 2. The van der Waals surface area contributed by atoms with Crippen molar-refractivity contribution in [3.63, 3.8) is 0 Å². The second kappa shape index (κ2) is 8.67. The SMILES string of the molecule is CCCN(CCC)C(=O)c1ccc(NC(=O)C2CCCN2)cc1. The third-order valence-corrected chi connectivity index (χ3v) is 4.05. The minimum Gasteiger partial charge on any atom is -0.339 e. The van der Waals surface area contributed by atoms with E-state index in [1.807, 2.05) is 4.90 Å². The van der Waals surface area contributed by atoms with Gasteiger partial charge in [-0.2, -0.15) is 0 Å². The number of anilines is 1. The molecule has 2 amide bonds. The van der Waals surface area contributed by atoms with E-state index in [0.717, 1.165) is 51.0 Å². The molecule has 0 aromatic heterocycles. The Morgan fingerprint density at radius 3 is 2.35 bits per heavy atom. The molecular weight excluding hydrogens is 290 g/mol. The van der Waals surface area contributed by atoms with Crippen molar-refractivity contribution in [3.8, 4) is 0 Å². The summed E-state index contributed by atoms with van der Waals surface area (Å²) in [7, 11) is 0. The molecular formula is C18H27N3O2. The average molecular weight is 317 g/mol. The van der Waals surface area contributed by atoms with E-state index < -0.39 is 0 Å². The first-order chi connectivity index (χ1) is 11.2. The van der Waals surface area contributed by atoms with Crippen LogP contribution in [0.15, 0.2) is 24.3 Å². The van der Waals surface area contributed by atoms with Crippen molar-refractivity contribution in [1.29, 1.82) is 0 Å². The van der Waals surface area contributed by atoms with E-state index in [9.17, 15) is 9.59 Å². The molecule has 0 spiro atoms. The van der Waals surface area contributed by atoms with E-state index in [0.29, 0.717) is 5.56 Å². The first kappa shape index (κ1) is 17.5. The molecule has 126 valence electrons. The fourth-order valence-corrected chi connectivity index (χ4v) is 2.87. The molecule has 5 heteroatoms.